The van der Waals surface area contributed by atoms with Gasteiger partial charge < -0.3 is 34.6 Å². The fourth-order valence-electron chi connectivity index (χ4n) is 5.05. The topological polar surface area (TPSA) is 148 Å². The molecule has 1 aromatic carbocycles. The summed E-state index contributed by atoms with van der Waals surface area (Å²) < 4.78 is 43.4. The number of ether oxygens (including phenoxy) is 1. The molecule has 0 spiro atoms. The number of likely N-dealkylation sites (N-methyl/N-ethyl adjacent to an activating group) is 1. The van der Waals surface area contributed by atoms with E-state index in [1.165, 1.54) is 10.6 Å². The first-order valence-corrected chi connectivity index (χ1v) is 14.2. The van der Waals surface area contributed by atoms with Gasteiger partial charge in [-0.05, 0) is 26.2 Å². The number of nitrogen functional groups attached to an aromatic ring is 1. The average Bonchev–Trinajstić information content (AvgIpc) is 3.76. The van der Waals surface area contributed by atoms with E-state index in [4.69, 9.17) is 14.9 Å². The molecule has 1 aliphatic rings. The van der Waals surface area contributed by atoms with Gasteiger partial charge in [-0.25, -0.2) is 18.7 Å². The van der Waals surface area contributed by atoms with Crippen LogP contribution in [-0.4, -0.2) is 111 Å². The van der Waals surface area contributed by atoms with Gasteiger partial charge >= 0.3 is 0 Å². The largest absolute Gasteiger partial charge is 0.481 e. The number of hydrogen-bond donors (Lipinski definition) is 2. The predicted octanol–water partition coefficient (Wildman–Crippen LogP) is 1.47. The number of fused-ring (bicyclic) bond motifs is 3. The molecule has 0 unspecified atom stereocenters. The zero-order chi connectivity index (χ0) is 30.8. The van der Waals surface area contributed by atoms with Crippen molar-refractivity contribution in [1.29, 1.82) is 0 Å². The molecule has 1 aliphatic heterocycles. The molecular formula is C28H33F2N11O3. The van der Waals surface area contributed by atoms with Crippen molar-refractivity contribution in [3.63, 3.8) is 0 Å². The van der Waals surface area contributed by atoms with Crippen LogP contribution in [0.2, 0.25) is 0 Å². The number of anilines is 2. The van der Waals surface area contributed by atoms with E-state index in [2.05, 4.69) is 30.3 Å². The van der Waals surface area contributed by atoms with Crippen LogP contribution in [0.4, 0.5) is 20.4 Å². The van der Waals surface area contributed by atoms with E-state index < -0.39 is 11.6 Å². The zero-order valence-corrected chi connectivity index (χ0v) is 24.4. The van der Waals surface area contributed by atoms with Crippen LogP contribution in [-0.2, 0) is 11.3 Å². The third-order valence-corrected chi connectivity index (χ3v) is 7.42. The van der Waals surface area contributed by atoms with Crippen LogP contribution in [0.5, 0.6) is 5.75 Å². The number of nitrogens with one attached hydrogen (secondary N) is 1. The van der Waals surface area contributed by atoms with Gasteiger partial charge in [0.15, 0.2) is 40.7 Å². The van der Waals surface area contributed by atoms with Gasteiger partial charge in [-0.15, -0.1) is 5.10 Å². The highest BCUT2D eigenvalue weighted by molar-refractivity contribution is 5.87. The van der Waals surface area contributed by atoms with Crippen LogP contribution >= 0.6 is 0 Å². The SMILES string of the molecule is CN(C)CCNC(=O)COc1cc(N2CCN(CCn3cnc4c3nc(N)n3nc(-c5ccco5)nc43)CC2)c(F)cc1F. The van der Waals surface area contributed by atoms with E-state index in [0.717, 1.165) is 6.07 Å². The van der Waals surface area contributed by atoms with Crippen molar-refractivity contribution in [2.24, 2.45) is 0 Å². The lowest BCUT2D eigenvalue weighted by Gasteiger charge is -2.36. The van der Waals surface area contributed by atoms with Crippen LogP contribution in [0.1, 0.15) is 0 Å². The minimum atomic E-state index is -0.853. The fourth-order valence-corrected chi connectivity index (χ4v) is 5.05. The Morgan fingerprint density at radius 3 is 2.68 bits per heavy atom. The number of nitrogens with two attached hydrogens (primary N) is 1. The summed E-state index contributed by atoms with van der Waals surface area (Å²) in [5, 5.41) is 7.11. The van der Waals surface area contributed by atoms with Gasteiger partial charge in [0.2, 0.25) is 11.8 Å². The molecule has 14 nitrogen and oxygen atoms in total. The first-order chi connectivity index (χ1) is 21.3. The monoisotopic (exact) mass is 609 g/mol. The number of piperazine rings is 1. The Bertz CT molecular complexity index is 1760. The van der Waals surface area contributed by atoms with E-state index in [1.54, 1.807) is 24.7 Å². The standard InChI is InChI=1S/C28H33F2N11O3/c1-37(2)6-5-32-23(42)16-44-22-15-20(18(29)14-19(22)30)39-10-7-38(8-11-39)9-12-40-17-33-24-26(40)35-28(31)41-27(24)34-25(36-41)21-4-3-13-43-21/h3-4,13-15,17H,5-12,16H2,1-2H3,(H2,31,35)(H,32,42). The number of rotatable bonds is 11. The first kappa shape index (κ1) is 29.3. The number of benzene rings is 1. The number of amides is 1. The lowest BCUT2D eigenvalue weighted by Crippen LogP contribution is -2.47. The molecule has 0 saturated carbocycles. The Morgan fingerprint density at radius 2 is 1.93 bits per heavy atom. The fraction of sp³-hybridized carbons (Fsp3) is 0.393. The van der Waals surface area contributed by atoms with Crippen molar-refractivity contribution < 1.29 is 22.7 Å². The van der Waals surface area contributed by atoms with Crippen LogP contribution in [0.25, 0.3) is 28.4 Å². The molecule has 232 valence electrons. The van der Waals surface area contributed by atoms with Gasteiger partial charge in [-0.1, -0.05) is 0 Å². The Hall–Kier alpha value is -4.83. The van der Waals surface area contributed by atoms with Crippen molar-refractivity contribution in [2.75, 3.05) is 77.1 Å². The predicted molar refractivity (Wildman–Crippen MR) is 158 cm³/mol. The summed E-state index contributed by atoms with van der Waals surface area (Å²) in [4.78, 5) is 31.7. The second kappa shape index (κ2) is 12.4. The Morgan fingerprint density at radius 1 is 1.11 bits per heavy atom. The number of hydrogen-bond acceptors (Lipinski definition) is 11. The molecule has 1 amide bonds. The summed E-state index contributed by atoms with van der Waals surface area (Å²) in [7, 11) is 3.78. The van der Waals surface area contributed by atoms with Crippen LogP contribution < -0.4 is 20.7 Å². The number of imidazole rings is 1. The molecule has 0 atom stereocenters. The maximum atomic E-state index is 14.8. The molecule has 0 bridgehead atoms. The summed E-state index contributed by atoms with van der Waals surface area (Å²) in [5.41, 5.74) is 8.09. The highest BCUT2D eigenvalue weighted by Crippen LogP contribution is 2.29. The summed E-state index contributed by atoms with van der Waals surface area (Å²) in [6.45, 7) is 4.40. The molecule has 1 fully saturated rings. The summed E-state index contributed by atoms with van der Waals surface area (Å²) in [5.74, 6) is -0.982. The molecule has 0 radical (unpaired) electrons. The lowest BCUT2D eigenvalue weighted by molar-refractivity contribution is -0.123. The van der Waals surface area contributed by atoms with Gasteiger partial charge in [0.1, 0.15) is 5.82 Å². The second-order valence-corrected chi connectivity index (χ2v) is 10.7. The normalized spacial score (nSPS) is 14.2. The molecule has 5 aromatic rings. The zero-order valence-electron chi connectivity index (χ0n) is 24.4. The molecule has 44 heavy (non-hydrogen) atoms. The minimum absolute atomic E-state index is 0.164. The summed E-state index contributed by atoms with van der Waals surface area (Å²) in [6.07, 6.45) is 3.25. The number of aromatic nitrogens is 6. The van der Waals surface area contributed by atoms with Gasteiger partial charge in [0.25, 0.3) is 5.91 Å². The van der Waals surface area contributed by atoms with E-state index in [1.807, 2.05) is 28.5 Å². The van der Waals surface area contributed by atoms with Gasteiger partial charge in [-0.2, -0.15) is 9.50 Å². The lowest BCUT2D eigenvalue weighted by atomic mass is 10.2. The third kappa shape index (κ3) is 6.12. The van der Waals surface area contributed by atoms with Crippen molar-refractivity contribution in [2.45, 2.75) is 6.54 Å². The van der Waals surface area contributed by atoms with Crippen LogP contribution in [0.15, 0.2) is 41.3 Å². The highest BCUT2D eigenvalue weighted by Gasteiger charge is 2.23. The molecule has 1 saturated heterocycles. The maximum absolute atomic E-state index is 14.8. The molecular weight excluding hydrogens is 576 g/mol. The van der Waals surface area contributed by atoms with Gasteiger partial charge in [0.05, 0.1) is 18.3 Å². The van der Waals surface area contributed by atoms with Crippen molar-refractivity contribution in [3.8, 4) is 17.3 Å². The molecule has 16 heteroatoms. The Kier molecular flexibility index (Phi) is 8.25. The van der Waals surface area contributed by atoms with Gasteiger partial charge in [0, 0.05) is 64.5 Å². The van der Waals surface area contributed by atoms with Crippen molar-refractivity contribution >= 4 is 34.4 Å². The minimum Gasteiger partial charge on any atom is -0.481 e. The van der Waals surface area contributed by atoms with Crippen molar-refractivity contribution in [3.05, 3.63) is 48.5 Å². The number of carbonyl (C=O) groups excluding carboxylic acids is 1. The summed E-state index contributed by atoms with van der Waals surface area (Å²) >= 11 is 0. The molecule has 4 aromatic heterocycles. The molecule has 6 rings (SSSR count). The highest BCUT2D eigenvalue weighted by atomic mass is 19.1. The smallest absolute Gasteiger partial charge is 0.257 e. The van der Waals surface area contributed by atoms with Crippen LogP contribution in [0, 0.1) is 11.6 Å². The first-order valence-electron chi connectivity index (χ1n) is 14.2. The molecule has 0 aliphatic carbocycles. The number of furan rings is 1. The maximum Gasteiger partial charge on any atom is 0.257 e. The number of carbonyl (C=O) groups is 1. The van der Waals surface area contributed by atoms with Gasteiger partial charge in [-0.3, -0.25) is 9.69 Å². The van der Waals surface area contributed by atoms with E-state index in [9.17, 15) is 13.6 Å². The number of halogens is 2. The average molecular weight is 610 g/mol. The molecule has 5 heterocycles. The number of nitrogens with zero attached hydrogens (tertiary/aromatic N) is 9. The third-order valence-electron chi connectivity index (χ3n) is 7.42. The second-order valence-electron chi connectivity index (χ2n) is 10.7. The van der Waals surface area contributed by atoms with Crippen molar-refractivity contribution in [1.82, 2.24) is 44.2 Å². The quantitative estimate of drug-likeness (QED) is 0.224. The Balaban J connectivity index is 1.06. The van der Waals surface area contributed by atoms with E-state index >= 15 is 0 Å². The van der Waals surface area contributed by atoms with Crippen LogP contribution in [0.3, 0.4) is 0 Å². The molecule has 3 N–H and O–H groups in total. The van der Waals surface area contributed by atoms with E-state index in [0.29, 0.717) is 80.8 Å². The summed E-state index contributed by atoms with van der Waals surface area (Å²) in [6, 6.07) is 5.64. The Labute approximate surface area is 251 Å². The van der Waals surface area contributed by atoms with E-state index in [-0.39, 0.29) is 29.9 Å².